The van der Waals surface area contributed by atoms with E-state index in [1.165, 1.54) is 23.0 Å². The Kier molecular flexibility index (Phi) is 5.78. The summed E-state index contributed by atoms with van der Waals surface area (Å²) in [6.07, 6.45) is 1.53. The molecule has 0 N–H and O–H groups in total. The highest BCUT2D eigenvalue weighted by atomic mass is 19.1. The molecule has 3 atom stereocenters. The van der Waals surface area contributed by atoms with Crippen molar-refractivity contribution in [1.82, 2.24) is 24.6 Å². The van der Waals surface area contributed by atoms with Gasteiger partial charge in [0.1, 0.15) is 35.1 Å². The number of aryl methyl sites for hydroxylation is 1. The molecule has 0 saturated carbocycles. The molecule has 1 fully saturated rings. The highest BCUT2D eigenvalue weighted by molar-refractivity contribution is 5.86. The summed E-state index contributed by atoms with van der Waals surface area (Å²) in [6.45, 7) is 5.33. The van der Waals surface area contributed by atoms with Crippen LogP contribution >= 0.6 is 0 Å². The summed E-state index contributed by atoms with van der Waals surface area (Å²) in [7, 11) is 1.64. The Balaban J connectivity index is 1.54. The van der Waals surface area contributed by atoms with Gasteiger partial charge >= 0.3 is 5.69 Å². The van der Waals surface area contributed by atoms with Crippen LogP contribution in [-0.4, -0.2) is 49.8 Å². The molecule has 0 aliphatic carbocycles. The van der Waals surface area contributed by atoms with E-state index in [0.29, 0.717) is 29.9 Å². The molecule has 4 heterocycles. The number of anilines is 1. The molecule has 4 aromatic rings. The highest BCUT2D eigenvalue weighted by Crippen LogP contribution is 2.34. The highest BCUT2D eigenvalue weighted by Gasteiger charge is 2.37. The van der Waals surface area contributed by atoms with Gasteiger partial charge in [0.15, 0.2) is 5.82 Å². The monoisotopic (exact) mass is 473 g/mol. The lowest BCUT2D eigenvalue weighted by Gasteiger charge is -2.47. The largest absolute Gasteiger partial charge is 0.364 e. The number of nitrogens with zero attached hydrogens (tertiary/aromatic N) is 7. The summed E-state index contributed by atoms with van der Waals surface area (Å²) < 4.78 is 20.2. The van der Waals surface area contributed by atoms with Crippen LogP contribution in [0.2, 0.25) is 0 Å². The number of fused-ring (bicyclic) bond motifs is 1. The van der Waals surface area contributed by atoms with E-state index in [9.17, 15) is 14.4 Å². The van der Waals surface area contributed by atoms with Crippen LogP contribution in [0.5, 0.6) is 0 Å². The van der Waals surface area contributed by atoms with Crippen molar-refractivity contribution in [2.24, 2.45) is 7.05 Å². The average Bonchev–Trinajstić information content (AvgIpc) is 3.39. The molecule has 0 bridgehead atoms. The van der Waals surface area contributed by atoms with Crippen LogP contribution in [0, 0.1) is 17.1 Å². The summed E-state index contributed by atoms with van der Waals surface area (Å²) in [4.78, 5) is 25.9. The van der Waals surface area contributed by atoms with Gasteiger partial charge in [-0.3, -0.25) is 9.47 Å². The Hall–Kier alpha value is -4.10. The molecule has 9 nitrogen and oxygen atoms in total. The molecule has 5 rings (SSSR count). The Bertz CT molecular complexity index is 1460. The molecule has 0 amide bonds. The van der Waals surface area contributed by atoms with Crippen LogP contribution < -0.4 is 10.6 Å². The summed E-state index contributed by atoms with van der Waals surface area (Å²) in [5.74, 6) is 0.172. The maximum absolute atomic E-state index is 13.6. The van der Waals surface area contributed by atoms with Crippen molar-refractivity contribution >= 4 is 16.9 Å². The van der Waals surface area contributed by atoms with Crippen molar-refractivity contribution in [1.29, 1.82) is 5.26 Å². The van der Waals surface area contributed by atoms with Gasteiger partial charge in [-0.2, -0.15) is 10.2 Å². The second-order valence-corrected chi connectivity index (χ2v) is 8.88. The van der Waals surface area contributed by atoms with Gasteiger partial charge in [-0.15, -0.1) is 0 Å². The molecule has 1 unspecified atom stereocenters. The number of aromatic nitrogens is 4. The smallest absolute Gasteiger partial charge is 0.349 e. The molecular weight excluding hydrogens is 449 g/mol. The van der Waals surface area contributed by atoms with E-state index >= 15 is 0 Å². The molecule has 1 saturated heterocycles. The van der Waals surface area contributed by atoms with Gasteiger partial charge in [-0.25, -0.2) is 14.2 Å². The predicted octanol–water partition coefficient (Wildman–Crippen LogP) is 3.02. The number of piperazine rings is 1. The zero-order chi connectivity index (χ0) is 24.7. The van der Waals surface area contributed by atoms with Crippen LogP contribution in [0.15, 0.2) is 58.0 Å². The normalized spacial score (nSPS) is 19.6. The lowest BCUT2D eigenvalue weighted by molar-refractivity contribution is 0.125. The van der Waals surface area contributed by atoms with Crippen LogP contribution in [-0.2, 0) is 7.05 Å². The Morgan fingerprint density at radius 1 is 1.09 bits per heavy atom. The van der Waals surface area contributed by atoms with Crippen molar-refractivity contribution in [3.05, 3.63) is 82.0 Å². The van der Waals surface area contributed by atoms with Crippen molar-refractivity contribution < 1.29 is 8.91 Å². The van der Waals surface area contributed by atoms with Gasteiger partial charge in [0.2, 0.25) is 0 Å². The van der Waals surface area contributed by atoms with Gasteiger partial charge in [-0.1, -0.05) is 17.3 Å². The van der Waals surface area contributed by atoms with Crippen LogP contribution in [0.25, 0.3) is 11.0 Å². The summed E-state index contributed by atoms with van der Waals surface area (Å²) in [5, 5.41) is 13.6. The SMILES string of the molecule is C[C@@H]1CN(c2nc(=O)n(C)c3ccc(C#N)nc23)[C@@H](C)CN1C(c1ccc(F)cc1)c1ccon1. The van der Waals surface area contributed by atoms with Crippen molar-refractivity contribution in [3.8, 4) is 6.07 Å². The Labute approximate surface area is 201 Å². The Morgan fingerprint density at radius 2 is 1.86 bits per heavy atom. The quantitative estimate of drug-likeness (QED) is 0.446. The molecule has 0 radical (unpaired) electrons. The maximum atomic E-state index is 13.6. The zero-order valence-corrected chi connectivity index (χ0v) is 19.6. The number of hydrogen-bond donors (Lipinski definition) is 0. The first-order chi connectivity index (χ1) is 16.9. The Morgan fingerprint density at radius 3 is 2.54 bits per heavy atom. The molecule has 35 heavy (non-hydrogen) atoms. The molecule has 1 aliphatic heterocycles. The first-order valence-electron chi connectivity index (χ1n) is 11.3. The lowest BCUT2D eigenvalue weighted by atomic mass is 9.97. The number of hydrogen-bond acceptors (Lipinski definition) is 8. The van der Waals surface area contributed by atoms with Crippen molar-refractivity contribution in [2.45, 2.75) is 32.0 Å². The summed E-state index contributed by atoms with van der Waals surface area (Å²) >= 11 is 0. The molecule has 3 aromatic heterocycles. The van der Waals surface area contributed by atoms with Gasteiger partial charge in [0.05, 0.1) is 11.6 Å². The summed E-state index contributed by atoms with van der Waals surface area (Å²) in [6, 6.07) is 13.4. The average molecular weight is 474 g/mol. The molecular formula is C25H24FN7O2. The summed E-state index contributed by atoms with van der Waals surface area (Å²) in [5.41, 5.74) is 2.67. The first-order valence-corrected chi connectivity index (χ1v) is 11.3. The maximum Gasteiger partial charge on any atom is 0.349 e. The lowest BCUT2D eigenvalue weighted by Crippen LogP contribution is -2.58. The molecule has 0 spiro atoms. The second kappa shape index (κ2) is 8.92. The topological polar surface area (TPSA) is 104 Å². The van der Waals surface area contributed by atoms with Crippen molar-refractivity contribution in [2.75, 3.05) is 18.0 Å². The second-order valence-electron chi connectivity index (χ2n) is 8.88. The molecule has 1 aromatic carbocycles. The van der Waals surface area contributed by atoms with Crippen LogP contribution in [0.1, 0.15) is 36.8 Å². The third kappa shape index (κ3) is 4.04. The van der Waals surface area contributed by atoms with E-state index in [2.05, 4.69) is 44.8 Å². The van der Waals surface area contributed by atoms with Crippen LogP contribution in [0.3, 0.4) is 0 Å². The first kappa shape index (κ1) is 22.7. The van der Waals surface area contributed by atoms with Gasteiger partial charge in [0, 0.05) is 38.3 Å². The van der Waals surface area contributed by atoms with E-state index in [0.717, 1.165) is 11.3 Å². The van der Waals surface area contributed by atoms with Crippen LogP contribution in [0.4, 0.5) is 10.2 Å². The van der Waals surface area contributed by atoms with E-state index in [4.69, 9.17) is 4.52 Å². The number of benzene rings is 1. The fraction of sp³-hybridized carbons (Fsp3) is 0.320. The third-order valence-corrected chi connectivity index (χ3v) is 6.61. The zero-order valence-electron chi connectivity index (χ0n) is 19.6. The molecule has 1 aliphatic rings. The fourth-order valence-electron chi connectivity index (χ4n) is 4.82. The number of rotatable bonds is 4. The van der Waals surface area contributed by atoms with E-state index in [1.807, 2.05) is 6.07 Å². The molecule has 10 heteroatoms. The minimum Gasteiger partial charge on any atom is -0.364 e. The number of halogens is 1. The van der Waals surface area contributed by atoms with Gasteiger partial charge in [0.25, 0.3) is 0 Å². The number of pyridine rings is 1. The van der Waals surface area contributed by atoms with E-state index in [-0.39, 0.29) is 35.3 Å². The standard InChI is InChI=1S/C25H24FN7O2/c1-15-14-33(24-22-21(31(3)25(34)29-24)9-8-19(12-27)28-22)16(2)13-32(15)23(20-10-11-35-30-20)17-4-6-18(26)7-5-17/h4-11,15-16,23H,13-14H2,1-3H3/t15-,16+,23?/m1/s1. The minimum atomic E-state index is -0.381. The minimum absolute atomic E-state index is 0.0120. The van der Waals surface area contributed by atoms with Gasteiger partial charge in [-0.05, 0) is 43.7 Å². The van der Waals surface area contributed by atoms with E-state index in [1.54, 1.807) is 31.3 Å². The predicted molar refractivity (Wildman–Crippen MR) is 127 cm³/mol. The third-order valence-electron chi connectivity index (χ3n) is 6.61. The van der Waals surface area contributed by atoms with Gasteiger partial charge < -0.3 is 9.42 Å². The van der Waals surface area contributed by atoms with Crippen molar-refractivity contribution in [3.63, 3.8) is 0 Å². The van der Waals surface area contributed by atoms with E-state index < -0.39 is 0 Å². The number of nitriles is 1. The fourth-order valence-corrected chi connectivity index (χ4v) is 4.82. The molecule has 178 valence electrons.